The van der Waals surface area contributed by atoms with Gasteiger partial charge in [-0.15, -0.1) is 17.9 Å². The van der Waals surface area contributed by atoms with Gasteiger partial charge in [0.2, 0.25) is 11.9 Å². The molecule has 0 radical (unpaired) electrons. The van der Waals surface area contributed by atoms with E-state index in [2.05, 4.69) is 34.0 Å². The summed E-state index contributed by atoms with van der Waals surface area (Å²) in [4.78, 5) is 23.0. The highest BCUT2D eigenvalue weighted by Crippen LogP contribution is 2.19. The van der Waals surface area contributed by atoms with Crippen LogP contribution < -0.4 is 27.7 Å². The maximum atomic E-state index is 12.3. The molecule has 0 unspecified atom stereocenters. The zero-order valence-electron chi connectivity index (χ0n) is 20.2. The van der Waals surface area contributed by atoms with Gasteiger partial charge in [-0.1, -0.05) is 68.4 Å². The summed E-state index contributed by atoms with van der Waals surface area (Å²) in [6.07, 6.45) is 9.08. The Morgan fingerprint density at radius 3 is 1.94 bits per heavy atom. The number of rotatable bonds is 7. The number of nitrogens with one attached hydrogen (secondary N) is 3. The largest absolute Gasteiger partial charge is 0.400 e. The Bertz CT molecular complexity index is 796. The van der Waals surface area contributed by atoms with E-state index in [1.807, 2.05) is 68.4 Å². The topological polar surface area (TPSA) is 175 Å². The molecule has 0 aromatic heterocycles. The van der Waals surface area contributed by atoms with Gasteiger partial charge in [-0.2, -0.15) is 0 Å². The molecule has 0 bridgehead atoms. The van der Waals surface area contributed by atoms with Gasteiger partial charge in [-0.05, 0) is 23.1 Å². The molecule has 0 aliphatic heterocycles. The van der Waals surface area contributed by atoms with E-state index in [4.69, 9.17) is 21.9 Å². The SMILES string of the molecule is C#C.CC.CO.CO.N/N=C(\NN)NC(=O)[C@H](Cc1ccc(-c2ccccc2)cc1)NCC=O. The van der Waals surface area contributed by atoms with E-state index in [0.717, 1.165) is 30.9 Å². The molecule has 188 valence electrons. The molecule has 0 fully saturated rings. The van der Waals surface area contributed by atoms with Crippen LogP contribution in [0.2, 0.25) is 0 Å². The summed E-state index contributed by atoms with van der Waals surface area (Å²) in [5.74, 6) is 9.85. The molecular weight excluding hydrogens is 436 g/mol. The highest BCUT2D eigenvalue weighted by atomic mass is 16.2. The number of benzene rings is 2. The average Bonchev–Trinajstić information content (AvgIpc) is 2.94. The first-order valence-corrected chi connectivity index (χ1v) is 10.3. The van der Waals surface area contributed by atoms with Crippen LogP contribution in [0.1, 0.15) is 19.4 Å². The summed E-state index contributed by atoms with van der Waals surface area (Å²) in [5.41, 5.74) is 5.32. The van der Waals surface area contributed by atoms with Gasteiger partial charge in [-0.25, -0.2) is 5.84 Å². The molecule has 10 nitrogen and oxygen atoms in total. The third kappa shape index (κ3) is 14.3. The lowest BCUT2D eigenvalue weighted by Gasteiger charge is -2.18. The number of terminal acetylenes is 1. The van der Waals surface area contributed by atoms with Crippen LogP contribution in [0.15, 0.2) is 59.7 Å². The Hall–Kier alpha value is -3.75. The number of carbonyl (C=O) groups excluding carboxylic acids is 2. The third-order valence-electron chi connectivity index (χ3n) is 3.77. The molecule has 2 aromatic carbocycles. The van der Waals surface area contributed by atoms with Crippen LogP contribution in [0.25, 0.3) is 11.1 Å². The first kappa shape index (κ1) is 34.9. The van der Waals surface area contributed by atoms with Crippen molar-refractivity contribution in [3.8, 4) is 24.0 Å². The van der Waals surface area contributed by atoms with Gasteiger partial charge in [-0.3, -0.25) is 20.9 Å². The van der Waals surface area contributed by atoms with Gasteiger partial charge in [0.05, 0.1) is 12.6 Å². The number of amides is 1. The van der Waals surface area contributed by atoms with Crippen molar-refractivity contribution in [2.45, 2.75) is 26.3 Å². The first-order valence-electron chi connectivity index (χ1n) is 10.3. The lowest BCUT2D eigenvalue weighted by molar-refractivity contribution is -0.121. The number of hydrogen-bond acceptors (Lipinski definition) is 8. The summed E-state index contributed by atoms with van der Waals surface area (Å²) in [6, 6.07) is 17.2. The van der Waals surface area contributed by atoms with Crippen molar-refractivity contribution in [3.63, 3.8) is 0 Å². The Kier molecular flexibility index (Phi) is 26.2. The zero-order chi connectivity index (χ0) is 26.8. The standard InChI is InChI=1S/C18H22N6O2.C2H6.C2H2.2CH4O/c19-23-18(24-20)22-17(26)16(21-10-11-25)12-13-6-8-15(9-7-13)14-4-2-1-3-5-14;4*1-2/h1-9,11,16,21H,10,12,19-20H2,(H2,22,23,24,26);1-2H3;1-2H;2*2H,1H3/t16-;;;;/m0..../s1. The van der Waals surface area contributed by atoms with E-state index in [-0.39, 0.29) is 12.5 Å². The fourth-order valence-corrected chi connectivity index (χ4v) is 2.46. The van der Waals surface area contributed by atoms with E-state index < -0.39 is 11.9 Å². The normalized spacial score (nSPS) is 9.97. The van der Waals surface area contributed by atoms with E-state index in [9.17, 15) is 9.59 Å². The number of guanidine groups is 1. The number of aldehydes is 1. The van der Waals surface area contributed by atoms with Gasteiger partial charge in [0.15, 0.2) is 0 Å². The first-order chi connectivity index (χ1) is 16.7. The van der Waals surface area contributed by atoms with Crippen LogP contribution in [-0.2, 0) is 16.0 Å². The Morgan fingerprint density at radius 1 is 1.00 bits per heavy atom. The van der Waals surface area contributed by atoms with Crippen molar-refractivity contribution in [1.29, 1.82) is 0 Å². The van der Waals surface area contributed by atoms with Crippen LogP contribution in [0.4, 0.5) is 0 Å². The fraction of sp³-hybridized carbons (Fsp3) is 0.292. The minimum atomic E-state index is -0.645. The second kappa shape index (κ2) is 25.5. The minimum absolute atomic E-state index is 0.0470. The minimum Gasteiger partial charge on any atom is -0.400 e. The predicted octanol–water partition coefficient (Wildman–Crippen LogP) is 0.355. The van der Waals surface area contributed by atoms with Gasteiger partial charge in [0.25, 0.3) is 0 Å². The van der Waals surface area contributed by atoms with Crippen LogP contribution in [-0.4, -0.2) is 55.2 Å². The highest BCUT2D eigenvalue weighted by Gasteiger charge is 2.19. The average molecular weight is 475 g/mol. The second-order valence-corrected chi connectivity index (χ2v) is 5.51. The molecule has 9 N–H and O–H groups in total. The summed E-state index contributed by atoms with van der Waals surface area (Å²) < 4.78 is 0. The number of aliphatic hydroxyl groups excluding tert-OH is 2. The van der Waals surface area contributed by atoms with Crippen LogP contribution in [0.5, 0.6) is 0 Å². The van der Waals surface area contributed by atoms with E-state index in [1.165, 1.54) is 0 Å². The van der Waals surface area contributed by atoms with Crippen LogP contribution in [0, 0.1) is 12.8 Å². The lowest BCUT2D eigenvalue weighted by Crippen LogP contribution is -2.52. The number of nitrogens with zero attached hydrogens (tertiary/aromatic N) is 1. The number of hydrazone groups is 1. The molecule has 0 spiro atoms. The van der Waals surface area contributed by atoms with Crippen LogP contribution >= 0.6 is 0 Å². The molecule has 1 amide bonds. The summed E-state index contributed by atoms with van der Waals surface area (Å²) in [7, 11) is 2.00. The molecule has 0 aliphatic rings. The quantitative estimate of drug-likeness (QED) is 0.0751. The molecule has 2 rings (SSSR count). The smallest absolute Gasteiger partial charge is 0.244 e. The van der Waals surface area contributed by atoms with E-state index >= 15 is 0 Å². The third-order valence-corrected chi connectivity index (χ3v) is 3.77. The fourth-order valence-electron chi connectivity index (χ4n) is 2.46. The summed E-state index contributed by atoms with van der Waals surface area (Å²) in [6.45, 7) is 4.05. The van der Waals surface area contributed by atoms with Crippen molar-refractivity contribution < 1.29 is 19.8 Å². The van der Waals surface area contributed by atoms with Crippen molar-refractivity contribution >= 4 is 18.2 Å². The Labute approximate surface area is 202 Å². The Balaban J connectivity index is -0.00000108. The highest BCUT2D eigenvalue weighted by molar-refractivity contribution is 5.99. The Morgan fingerprint density at radius 2 is 1.50 bits per heavy atom. The van der Waals surface area contributed by atoms with Gasteiger partial charge < -0.3 is 20.9 Å². The molecule has 1 atom stereocenters. The summed E-state index contributed by atoms with van der Waals surface area (Å²) in [5, 5.41) is 22.6. The van der Waals surface area contributed by atoms with Crippen molar-refractivity contribution in [2.24, 2.45) is 16.8 Å². The molecule has 10 heteroatoms. The number of hydrogen-bond donors (Lipinski definition) is 7. The van der Waals surface area contributed by atoms with Crippen molar-refractivity contribution in [3.05, 3.63) is 60.2 Å². The number of hydrazine groups is 1. The second-order valence-electron chi connectivity index (χ2n) is 5.51. The molecule has 0 heterocycles. The van der Waals surface area contributed by atoms with Crippen molar-refractivity contribution in [2.75, 3.05) is 20.8 Å². The maximum Gasteiger partial charge on any atom is 0.244 e. The number of nitrogens with two attached hydrogens (primary N) is 2. The molecule has 34 heavy (non-hydrogen) atoms. The molecule has 0 saturated carbocycles. The van der Waals surface area contributed by atoms with E-state index in [1.54, 1.807) is 0 Å². The van der Waals surface area contributed by atoms with E-state index in [0.29, 0.717) is 12.7 Å². The van der Waals surface area contributed by atoms with Gasteiger partial charge >= 0.3 is 0 Å². The molecule has 2 aromatic rings. The van der Waals surface area contributed by atoms with Gasteiger partial charge in [0, 0.05) is 14.2 Å². The van der Waals surface area contributed by atoms with Gasteiger partial charge in [0.1, 0.15) is 6.29 Å². The van der Waals surface area contributed by atoms with Crippen LogP contribution in [0.3, 0.4) is 0 Å². The number of aliphatic hydroxyl groups is 2. The molecule has 0 aliphatic carbocycles. The molecular formula is C24H38N6O4. The van der Waals surface area contributed by atoms with Crippen molar-refractivity contribution in [1.82, 2.24) is 16.1 Å². The number of carbonyl (C=O) groups is 2. The molecule has 0 saturated heterocycles. The zero-order valence-corrected chi connectivity index (χ0v) is 20.2. The summed E-state index contributed by atoms with van der Waals surface area (Å²) >= 11 is 0. The monoisotopic (exact) mass is 474 g/mol. The maximum absolute atomic E-state index is 12.3. The lowest BCUT2D eigenvalue weighted by atomic mass is 10.0. The predicted molar refractivity (Wildman–Crippen MR) is 138 cm³/mol.